The number of rotatable bonds is 7. The maximum atomic E-state index is 5.68. The molecule has 8 heteroatoms. The average molecular weight is 458 g/mol. The Bertz CT molecular complexity index is 1240. The molecule has 1 fully saturated rings. The van der Waals surface area contributed by atoms with Crippen molar-refractivity contribution in [2.45, 2.75) is 32.8 Å². The van der Waals surface area contributed by atoms with Crippen molar-refractivity contribution in [1.29, 1.82) is 0 Å². The van der Waals surface area contributed by atoms with E-state index >= 15 is 0 Å². The second-order valence-electron chi connectivity index (χ2n) is 9.18. The first kappa shape index (κ1) is 22.3. The van der Waals surface area contributed by atoms with Crippen LogP contribution in [0.15, 0.2) is 55.1 Å². The molecule has 1 saturated heterocycles. The minimum absolute atomic E-state index is 0.103. The molecule has 0 aromatic carbocycles. The van der Waals surface area contributed by atoms with Gasteiger partial charge in [-0.3, -0.25) is 0 Å². The SMILES string of the molecule is CC(C)Oc1ccc(Cc2nc(Cc3ccn4ccnc4c3)cc(N3CCN(C)CC3)n2)cn1. The molecule has 8 nitrogen and oxygen atoms in total. The number of hydrogen-bond donors (Lipinski definition) is 0. The van der Waals surface area contributed by atoms with Crippen LogP contribution in [-0.4, -0.2) is 68.6 Å². The molecule has 0 N–H and O–H groups in total. The van der Waals surface area contributed by atoms with Crippen LogP contribution >= 0.6 is 0 Å². The van der Waals surface area contributed by atoms with Crippen molar-refractivity contribution < 1.29 is 4.74 Å². The van der Waals surface area contributed by atoms with Crippen LogP contribution < -0.4 is 9.64 Å². The van der Waals surface area contributed by atoms with Gasteiger partial charge in [0.15, 0.2) is 0 Å². The number of anilines is 1. The second-order valence-corrected chi connectivity index (χ2v) is 9.18. The standard InChI is InChI=1S/C26H31N7O/c1-19(2)34-26-5-4-21(18-28-26)15-23-29-22(14-20-6-8-32-9-7-27-24(32)16-20)17-25(30-23)33-12-10-31(3)11-13-33/h4-9,16-19H,10-15H2,1-3H3. The molecule has 1 aliphatic rings. The van der Waals surface area contributed by atoms with Crippen LogP contribution in [0.2, 0.25) is 0 Å². The number of nitrogens with zero attached hydrogens (tertiary/aromatic N) is 7. The minimum atomic E-state index is 0.103. The van der Waals surface area contributed by atoms with E-state index in [1.165, 1.54) is 5.56 Å². The molecule has 0 unspecified atom stereocenters. The van der Waals surface area contributed by atoms with Gasteiger partial charge in [0.25, 0.3) is 0 Å². The summed E-state index contributed by atoms with van der Waals surface area (Å²) in [5, 5.41) is 0. The Morgan fingerprint density at radius 3 is 2.53 bits per heavy atom. The van der Waals surface area contributed by atoms with E-state index in [9.17, 15) is 0 Å². The monoisotopic (exact) mass is 457 g/mol. The summed E-state index contributed by atoms with van der Waals surface area (Å²) in [4.78, 5) is 23.5. The molecule has 0 aliphatic carbocycles. The van der Waals surface area contributed by atoms with Crippen molar-refractivity contribution in [2.75, 3.05) is 38.1 Å². The van der Waals surface area contributed by atoms with E-state index in [4.69, 9.17) is 14.7 Å². The van der Waals surface area contributed by atoms with Crippen LogP contribution in [0, 0.1) is 0 Å². The summed E-state index contributed by atoms with van der Waals surface area (Å²) < 4.78 is 7.69. The lowest BCUT2D eigenvalue weighted by atomic mass is 10.1. The van der Waals surface area contributed by atoms with E-state index < -0.39 is 0 Å². The third-order valence-electron chi connectivity index (χ3n) is 6.00. The van der Waals surface area contributed by atoms with Gasteiger partial charge < -0.3 is 18.9 Å². The highest BCUT2D eigenvalue weighted by Crippen LogP contribution is 2.20. The van der Waals surface area contributed by atoms with Crippen LogP contribution in [-0.2, 0) is 12.8 Å². The lowest BCUT2D eigenvalue weighted by Gasteiger charge is -2.33. The zero-order valence-electron chi connectivity index (χ0n) is 20.1. The molecule has 1 aliphatic heterocycles. The van der Waals surface area contributed by atoms with Crippen molar-refractivity contribution in [2.24, 2.45) is 0 Å². The van der Waals surface area contributed by atoms with E-state index in [2.05, 4.69) is 45.0 Å². The van der Waals surface area contributed by atoms with Gasteiger partial charge in [0.05, 0.1) is 11.8 Å². The molecular weight excluding hydrogens is 426 g/mol. The largest absolute Gasteiger partial charge is 0.475 e. The number of ether oxygens (including phenoxy) is 1. The molecule has 0 saturated carbocycles. The predicted octanol–water partition coefficient (Wildman–Crippen LogP) is 3.24. The number of imidazole rings is 1. The summed E-state index contributed by atoms with van der Waals surface area (Å²) in [6, 6.07) is 10.4. The van der Waals surface area contributed by atoms with E-state index in [0.29, 0.717) is 12.3 Å². The smallest absolute Gasteiger partial charge is 0.213 e. The minimum Gasteiger partial charge on any atom is -0.475 e. The van der Waals surface area contributed by atoms with E-state index in [-0.39, 0.29) is 6.10 Å². The fraction of sp³-hybridized carbons (Fsp3) is 0.385. The summed E-state index contributed by atoms with van der Waals surface area (Å²) in [5.41, 5.74) is 4.21. The summed E-state index contributed by atoms with van der Waals surface area (Å²) in [5.74, 6) is 2.45. The van der Waals surface area contributed by atoms with Gasteiger partial charge in [0, 0.05) is 75.9 Å². The zero-order chi connectivity index (χ0) is 23.5. The van der Waals surface area contributed by atoms with Gasteiger partial charge in [-0.1, -0.05) is 6.07 Å². The normalized spacial score (nSPS) is 14.8. The zero-order valence-corrected chi connectivity index (χ0v) is 20.1. The van der Waals surface area contributed by atoms with Gasteiger partial charge in [-0.2, -0.15) is 0 Å². The second kappa shape index (κ2) is 9.77. The highest BCUT2D eigenvalue weighted by atomic mass is 16.5. The van der Waals surface area contributed by atoms with E-state index in [1.54, 1.807) is 0 Å². The van der Waals surface area contributed by atoms with Crippen molar-refractivity contribution in [3.05, 3.63) is 77.8 Å². The lowest BCUT2D eigenvalue weighted by Crippen LogP contribution is -2.45. The first-order valence-corrected chi connectivity index (χ1v) is 11.9. The molecule has 0 radical (unpaired) electrons. The van der Waals surface area contributed by atoms with Crippen molar-refractivity contribution in [3.8, 4) is 5.88 Å². The molecule has 0 atom stereocenters. The topological polar surface area (TPSA) is 71.7 Å². The van der Waals surface area contributed by atoms with E-state index in [0.717, 1.165) is 61.1 Å². The molecule has 5 heterocycles. The van der Waals surface area contributed by atoms with Gasteiger partial charge in [0.2, 0.25) is 5.88 Å². The Morgan fingerprint density at radius 1 is 0.912 bits per heavy atom. The third-order valence-corrected chi connectivity index (χ3v) is 6.00. The number of likely N-dealkylation sites (N-methyl/N-ethyl adjacent to an activating group) is 1. The molecule has 4 aromatic rings. The number of fused-ring (bicyclic) bond motifs is 1. The van der Waals surface area contributed by atoms with Crippen molar-refractivity contribution in [1.82, 2.24) is 29.2 Å². The molecule has 34 heavy (non-hydrogen) atoms. The molecular formula is C26H31N7O. The first-order chi connectivity index (χ1) is 16.5. The van der Waals surface area contributed by atoms with Gasteiger partial charge in [-0.15, -0.1) is 0 Å². The number of pyridine rings is 2. The Labute approximate surface area is 200 Å². The Morgan fingerprint density at radius 2 is 1.76 bits per heavy atom. The molecule has 0 bridgehead atoms. The van der Waals surface area contributed by atoms with E-state index in [1.807, 2.05) is 55.2 Å². The summed E-state index contributed by atoms with van der Waals surface area (Å²) >= 11 is 0. The Hall–Kier alpha value is -3.52. The van der Waals surface area contributed by atoms with Gasteiger partial charge in [0.1, 0.15) is 17.3 Å². The van der Waals surface area contributed by atoms with Crippen LogP contribution in [0.25, 0.3) is 5.65 Å². The maximum Gasteiger partial charge on any atom is 0.213 e. The van der Waals surface area contributed by atoms with Crippen LogP contribution in [0.1, 0.15) is 36.5 Å². The Balaban J connectivity index is 1.41. The Kier molecular flexibility index (Phi) is 6.40. The average Bonchev–Trinajstić information content (AvgIpc) is 3.28. The lowest BCUT2D eigenvalue weighted by molar-refractivity contribution is 0.232. The number of hydrogen-bond acceptors (Lipinski definition) is 7. The first-order valence-electron chi connectivity index (χ1n) is 11.9. The van der Waals surface area contributed by atoms with Crippen molar-refractivity contribution in [3.63, 3.8) is 0 Å². The third kappa shape index (κ3) is 5.34. The molecule has 0 spiro atoms. The molecule has 176 valence electrons. The van der Waals surface area contributed by atoms with Crippen molar-refractivity contribution >= 4 is 11.5 Å². The summed E-state index contributed by atoms with van der Waals surface area (Å²) in [6.07, 6.45) is 9.15. The highest BCUT2D eigenvalue weighted by Gasteiger charge is 2.18. The van der Waals surface area contributed by atoms with Crippen LogP contribution in [0.4, 0.5) is 5.82 Å². The van der Waals surface area contributed by atoms with Crippen LogP contribution in [0.3, 0.4) is 0 Å². The quantitative estimate of drug-likeness (QED) is 0.422. The predicted molar refractivity (Wildman–Crippen MR) is 133 cm³/mol. The molecule has 4 aromatic heterocycles. The summed E-state index contributed by atoms with van der Waals surface area (Å²) in [6.45, 7) is 8.00. The molecule has 5 rings (SSSR count). The maximum absolute atomic E-state index is 5.68. The van der Waals surface area contributed by atoms with Crippen LogP contribution in [0.5, 0.6) is 5.88 Å². The molecule has 0 amide bonds. The van der Waals surface area contributed by atoms with Gasteiger partial charge in [-0.05, 0) is 44.2 Å². The van der Waals surface area contributed by atoms with Gasteiger partial charge >= 0.3 is 0 Å². The van der Waals surface area contributed by atoms with Gasteiger partial charge in [-0.25, -0.2) is 19.9 Å². The fourth-order valence-corrected chi connectivity index (χ4v) is 4.18. The highest BCUT2D eigenvalue weighted by molar-refractivity contribution is 5.45. The summed E-state index contributed by atoms with van der Waals surface area (Å²) in [7, 11) is 2.17. The fourth-order valence-electron chi connectivity index (χ4n) is 4.18. The number of aromatic nitrogens is 5. The number of piperazine rings is 1.